The first kappa shape index (κ1) is 20.4. The van der Waals surface area contributed by atoms with Crippen LogP contribution in [0.1, 0.15) is 39.0 Å². The van der Waals surface area contributed by atoms with Gasteiger partial charge in [-0.2, -0.15) is 0 Å². The number of amides is 1. The zero-order valence-corrected chi connectivity index (χ0v) is 16.3. The summed E-state index contributed by atoms with van der Waals surface area (Å²) in [4.78, 5) is 18.0. The van der Waals surface area contributed by atoms with Crippen molar-refractivity contribution in [2.75, 3.05) is 31.1 Å². The number of benzene rings is 1. The molecule has 0 spiro atoms. The predicted molar refractivity (Wildman–Crippen MR) is 106 cm³/mol. The molecule has 1 aromatic carbocycles. The van der Waals surface area contributed by atoms with E-state index in [9.17, 15) is 13.6 Å². The number of para-hydroxylation sites is 1. The first-order valence-corrected chi connectivity index (χ1v) is 10.1. The van der Waals surface area contributed by atoms with Crippen molar-refractivity contribution in [3.05, 3.63) is 29.8 Å². The molecule has 1 amide bonds. The molecule has 6 nitrogen and oxygen atoms in total. The van der Waals surface area contributed by atoms with Crippen LogP contribution in [-0.2, 0) is 4.79 Å². The van der Waals surface area contributed by atoms with Crippen LogP contribution >= 0.6 is 0 Å². The minimum absolute atomic E-state index is 0.0374. The smallest absolute Gasteiger partial charge is 0.220 e. The van der Waals surface area contributed by atoms with Crippen LogP contribution in [0.3, 0.4) is 0 Å². The van der Waals surface area contributed by atoms with Gasteiger partial charge in [0.1, 0.15) is 17.3 Å². The van der Waals surface area contributed by atoms with Crippen molar-refractivity contribution in [2.24, 2.45) is 4.99 Å². The molecule has 1 unspecified atom stereocenters. The largest absolute Gasteiger partial charge is 0.365 e. The standard InChI is InChI=1S/C20H29F2N5O/c1-2-23-20(24-11-4-7-18(28)25-14-8-9-14)26-15-10-12-27(13-15)19-16(21)5-3-6-17(19)22/h3,5-6,14-15H,2,4,7-13H2,1H3,(H,25,28)(H2,23,24,26). The highest BCUT2D eigenvalue weighted by molar-refractivity contribution is 5.80. The molecular weight excluding hydrogens is 364 g/mol. The maximum Gasteiger partial charge on any atom is 0.220 e. The van der Waals surface area contributed by atoms with E-state index in [1.807, 2.05) is 6.92 Å². The Morgan fingerprint density at radius 2 is 1.93 bits per heavy atom. The van der Waals surface area contributed by atoms with E-state index in [0.717, 1.165) is 19.3 Å². The normalized spacial score (nSPS) is 19.6. The summed E-state index contributed by atoms with van der Waals surface area (Å²) in [5, 5.41) is 9.50. The van der Waals surface area contributed by atoms with Crippen LogP contribution in [0.4, 0.5) is 14.5 Å². The first-order valence-electron chi connectivity index (χ1n) is 10.1. The van der Waals surface area contributed by atoms with Crippen molar-refractivity contribution in [1.82, 2.24) is 16.0 Å². The van der Waals surface area contributed by atoms with E-state index in [2.05, 4.69) is 20.9 Å². The fraction of sp³-hybridized carbons (Fsp3) is 0.600. The molecule has 3 rings (SSSR count). The molecule has 1 saturated heterocycles. The second-order valence-electron chi connectivity index (χ2n) is 7.35. The Labute approximate surface area is 164 Å². The number of guanidine groups is 1. The molecule has 2 aliphatic rings. The molecule has 0 bridgehead atoms. The summed E-state index contributed by atoms with van der Waals surface area (Å²) in [6.45, 7) is 4.33. The van der Waals surface area contributed by atoms with E-state index < -0.39 is 11.6 Å². The number of nitrogens with zero attached hydrogens (tertiary/aromatic N) is 2. The molecule has 2 fully saturated rings. The third-order valence-electron chi connectivity index (χ3n) is 4.90. The number of hydrogen-bond acceptors (Lipinski definition) is 3. The highest BCUT2D eigenvalue weighted by Gasteiger charge is 2.27. The summed E-state index contributed by atoms with van der Waals surface area (Å²) in [5.41, 5.74) is 0.0374. The van der Waals surface area contributed by atoms with Gasteiger partial charge in [0.2, 0.25) is 5.91 Å². The van der Waals surface area contributed by atoms with Gasteiger partial charge in [-0.3, -0.25) is 9.79 Å². The summed E-state index contributed by atoms with van der Waals surface area (Å²) in [7, 11) is 0. The number of anilines is 1. The van der Waals surface area contributed by atoms with Gasteiger partial charge in [0.25, 0.3) is 0 Å². The molecule has 0 aromatic heterocycles. The Balaban J connectivity index is 1.47. The quantitative estimate of drug-likeness (QED) is 0.360. The van der Waals surface area contributed by atoms with Gasteiger partial charge in [-0.1, -0.05) is 6.07 Å². The summed E-state index contributed by atoms with van der Waals surface area (Å²) >= 11 is 0. The Kier molecular flexibility index (Phi) is 7.06. The lowest BCUT2D eigenvalue weighted by atomic mass is 10.2. The van der Waals surface area contributed by atoms with Crippen LogP contribution in [0.5, 0.6) is 0 Å². The number of halogens is 2. The molecule has 1 aliphatic heterocycles. The average molecular weight is 393 g/mol. The summed E-state index contributed by atoms with van der Waals surface area (Å²) < 4.78 is 28.0. The average Bonchev–Trinajstić information content (AvgIpc) is 3.35. The van der Waals surface area contributed by atoms with Crippen molar-refractivity contribution in [1.29, 1.82) is 0 Å². The van der Waals surface area contributed by atoms with Gasteiger partial charge >= 0.3 is 0 Å². The van der Waals surface area contributed by atoms with Crippen LogP contribution in [0.25, 0.3) is 0 Å². The number of aliphatic imine (C=N–C) groups is 1. The second kappa shape index (κ2) is 9.71. The third kappa shape index (κ3) is 5.81. The molecule has 1 heterocycles. The Morgan fingerprint density at radius 3 is 2.61 bits per heavy atom. The number of carbonyl (C=O) groups excluding carboxylic acids is 1. The highest BCUT2D eigenvalue weighted by Crippen LogP contribution is 2.26. The Morgan fingerprint density at radius 1 is 1.18 bits per heavy atom. The molecule has 28 heavy (non-hydrogen) atoms. The summed E-state index contributed by atoms with van der Waals surface area (Å²) in [5.74, 6) is -0.309. The molecule has 8 heteroatoms. The Hall–Kier alpha value is -2.38. The molecule has 1 atom stereocenters. The number of hydrogen-bond donors (Lipinski definition) is 3. The van der Waals surface area contributed by atoms with Crippen LogP contribution < -0.4 is 20.9 Å². The van der Waals surface area contributed by atoms with Crippen molar-refractivity contribution < 1.29 is 13.6 Å². The SMILES string of the molecule is CCNC(=NCCCC(=O)NC1CC1)NC1CCN(c2c(F)cccc2F)C1. The van der Waals surface area contributed by atoms with E-state index >= 15 is 0 Å². The zero-order chi connectivity index (χ0) is 19.9. The van der Waals surface area contributed by atoms with Crippen LogP contribution in [0, 0.1) is 11.6 Å². The molecule has 1 aromatic rings. The van der Waals surface area contributed by atoms with Gasteiger partial charge in [0.05, 0.1) is 0 Å². The molecule has 1 aliphatic carbocycles. The highest BCUT2D eigenvalue weighted by atomic mass is 19.1. The van der Waals surface area contributed by atoms with Crippen molar-refractivity contribution in [3.63, 3.8) is 0 Å². The van der Waals surface area contributed by atoms with Gasteiger partial charge in [0, 0.05) is 44.7 Å². The van der Waals surface area contributed by atoms with E-state index in [1.54, 1.807) is 4.90 Å². The van der Waals surface area contributed by atoms with Gasteiger partial charge in [0.15, 0.2) is 5.96 Å². The van der Waals surface area contributed by atoms with E-state index in [1.165, 1.54) is 18.2 Å². The van der Waals surface area contributed by atoms with Crippen LogP contribution in [0.15, 0.2) is 23.2 Å². The first-order chi connectivity index (χ1) is 13.6. The van der Waals surface area contributed by atoms with Gasteiger partial charge in [-0.15, -0.1) is 0 Å². The van der Waals surface area contributed by atoms with Crippen molar-refractivity contribution in [2.45, 2.75) is 51.1 Å². The van der Waals surface area contributed by atoms with E-state index in [-0.39, 0.29) is 17.6 Å². The zero-order valence-electron chi connectivity index (χ0n) is 16.3. The van der Waals surface area contributed by atoms with E-state index in [0.29, 0.717) is 51.0 Å². The fourth-order valence-electron chi connectivity index (χ4n) is 3.34. The minimum atomic E-state index is -0.536. The monoisotopic (exact) mass is 393 g/mol. The lowest BCUT2D eigenvalue weighted by Crippen LogP contribution is -2.44. The maximum absolute atomic E-state index is 14.0. The molecule has 1 saturated carbocycles. The number of nitrogens with one attached hydrogen (secondary N) is 3. The second-order valence-corrected chi connectivity index (χ2v) is 7.35. The number of carbonyl (C=O) groups is 1. The molecule has 3 N–H and O–H groups in total. The minimum Gasteiger partial charge on any atom is -0.365 e. The van der Waals surface area contributed by atoms with Crippen molar-refractivity contribution in [3.8, 4) is 0 Å². The lowest BCUT2D eigenvalue weighted by Gasteiger charge is -2.21. The van der Waals surface area contributed by atoms with Gasteiger partial charge in [-0.25, -0.2) is 8.78 Å². The fourth-order valence-corrected chi connectivity index (χ4v) is 3.34. The van der Waals surface area contributed by atoms with Crippen molar-refractivity contribution >= 4 is 17.6 Å². The van der Waals surface area contributed by atoms with E-state index in [4.69, 9.17) is 0 Å². The Bertz CT molecular complexity index is 688. The molecule has 154 valence electrons. The van der Waals surface area contributed by atoms with Crippen LogP contribution in [-0.4, -0.2) is 50.1 Å². The van der Waals surface area contributed by atoms with Gasteiger partial charge in [-0.05, 0) is 44.7 Å². The maximum atomic E-state index is 14.0. The molecule has 0 radical (unpaired) electrons. The topological polar surface area (TPSA) is 68.8 Å². The predicted octanol–water partition coefficient (Wildman–Crippen LogP) is 2.16. The lowest BCUT2D eigenvalue weighted by molar-refractivity contribution is -0.121. The molecular formula is C20H29F2N5O. The van der Waals surface area contributed by atoms with Gasteiger partial charge < -0.3 is 20.9 Å². The summed E-state index contributed by atoms with van der Waals surface area (Å²) in [6.07, 6.45) is 4.11. The van der Waals surface area contributed by atoms with Crippen LogP contribution in [0.2, 0.25) is 0 Å². The third-order valence-corrected chi connectivity index (χ3v) is 4.90. The number of rotatable bonds is 8. The summed E-state index contributed by atoms with van der Waals surface area (Å²) in [6, 6.07) is 4.38.